The zero-order valence-corrected chi connectivity index (χ0v) is 17.5. The minimum atomic E-state index is -0.212. The average molecular weight is 414 g/mol. The summed E-state index contributed by atoms with van der Waals surface area (Å²) >= 11 is 1.47. The predicted molar refractivity (Wildman–Crippen MR) is 112 cm³/mol. The number of carbonyl (C=O) groups excluding carboxylic acids is 2. The van der Waals surface area contributed by atoms with Crippen LogP contribution in [-0.4, -0.2) is 42.0 Å². The van der Waals surface area contributed by atoms with Crippen molar-refractivity contribution in [2.75, 3.05) is 25.9 Å². The fourth-order valence-electron chi connectivity index (χ4n) is 4.91. The first-order chi connectivity index (χ1) is 14.0. The Hall–Kier alpha value is -2.41. The molecule has 2 heterocycles. The number of amides is 1. The number of aromatic nitrogens is 1. The van der Waals surface area contributed by atoms with Gasteiger partial charge in [-0.1, -0.05) is 30.3 Å². The SMILES string of the molecule is COC(=O)[C@@H]1CC[C@H](C(=O)N2CCC(c3ccccc3)(c3csc(N)n3)CC2)C1. The number of anilines is 1. The molecule has 0 unspecified atom stereocenters. The van der Waals surface area contributed by atoms with Gasteiger partial charge < -0.3 is 15.4 Å². The zero-order chi connectivity index (χ0) is 20.4. The lowest BCUT2D eigenvalue weighted by Crippen LogP contribution is -2.47. The minimum absolute atomic E-state index is 0.0711. The van der Waals surface area contributed by atoms with Crippen molar-refractivity contribution in [2.45, 2.75) is 37.5 Å². The van der Waals surface area contributed by atoms with Crippen LogP contribution in [0, 0.1) is 11.8 Å². The Morgan fingerprint density at radius 1 is 1.17 bits per heavy atom. The van der Waals surface area contributed by atoms with Crippen molar-refractivity contribution < 1.29 is 14.3 Å². The number of thiazole rings is 1. The van der Waals surface area contributed by atoms with Gasteiger partial charge in [-0.25, -0.2) is 4.98 Å². The third kappa shape index (κ3) is 3.75. The lowest BCUT2D eigenvalue weighted by Gasteiger charge is -2.42. The van der Waals surface area contributed by atoms with Gasteiger partial charge in [0.05, 0.1) is 18.7 Å². The Balaban J connectivity index is 1.49. The summed E-state index contributed by atoms with van der Waals surface area (Å²) in [7, 11) is 1.41. The molecule has 0 bridgehead atoms. The Morgan fingerprint density at radius 3 is 2.48 bits per heavy atom. The maximum atomic E-state index is 13.1. The Bertz CT molecular complexity index is 874. The molecule has 29 heavy (non-hydrogen) atoms. The fraction of sp³-hybridized carbons (Fsp3) is 0.500. The number of esters is 1. The Kier molecular flexibility index (Phi) is 5.58. The largest absolute Gasteiger partial charge is 0.469 e. The molecule has 1 saturated carbocycles. The molecule has 0 radical (unpaired) electrons. The fourth-order valence-corrected chi connectivity index (χ4v) is 5.57. The molecule has 154 valence electrons. The predicted octanol–water partition coefficient (Wildman–Crippen LogP) is 3.22. The summed E-state index contributed by atoms with van der Waals surface area (Å²) in [5.41, 5.74) is 7.95. The Morgan fingerprint density at radius 2 is 1.86 bits per heavy atom. The first-order valence-corrected chi connectivity index (χ1v) is 11.0. The zero-order valence-electron chi connectivity index (χ0n) is 16.7. The summed E-state index contributed by atoms with van der Waals surface area (Å²) in [4.78, 5) is 31.5. The standard InChI is InChI=1S/C22H27N3O3S/c1-28-20(27)16-8-7-15(13-16)19(26)25-11-9-22(10-12-25,17-5-3-2-4-6-17)18-14-29-21(23)24-18/h2-6,14-16H,7-13H2,1H3,(H2,23,24)/t15-,16+/m0/s1. The van der Waals surface area contributed by atoms with Gasteiger partial charge in [-0.15, -0.1) is 11.3 Å². The lowest BCUT2D eigenvalue weighted by atomic mass is 9.70. The molecule has 6 nitrogen and oxygen atoms in total. The smallest absolute Gasteiger partial charge is 0.308 e. The van der Waals surface area contributed by atoms with E-state index >= 15 is 0 Å². The number of ether oxygens (including phenoxy) is 1. The van der Waals surface area contributed by atoms with Crippen molar-refractivity contribution in [3.63, 3.8) is 0 Å². The van der Waals surface area contributed by atoms with Gasteiger partial charge in [0.1, 0.15) is 0 Å². The third-order valence-corrected chi connectivity index (χ3v) is 7.26. The second-order valence-electron chi connectivity index (χ2n) is 8.07. The number of nitrogen functional groups attached to an aromatic ring is 1. The molecule has 2 aliphatic rings. The molecule has 2 aromatic rings. The quantitative estimate of drug-likeness (QED) is 0.778. The summed E-state index contributed by atoms with van der Waals surface area (Å²) in [5.74, 6) is -0.225. The van der Waals surface area contributed by atoms with E-state index in [1.807, 2.05) is 11.0 Å². The number of hydrogen-bond acceptors (Lipinski definition) is 6. The van der Waals surface area contributed by atoms with Gasteiger partial charge in [0, 0.05) is 29.8 Å². The number of carbonyl (C=O) groups is 2. The molecule has 2 fully saturated rings. The van der Waals surface area contributed by atoms with Crippen molar-refractivity contribution in [1.29, 1.82) is 0 Å². The van der Waals surface area contributed by atoms with Crippen LogP contribution in [0.15, 0.2) is 35.7 Å². The van der Waals surface area contributed by atoms with Gasteiger partial charge in [0.2, 0.25) is 5.91 Å². The highest BCUT2D eigenvalue weighted by atomic mass is 32.1. The number of nitrogens with zero attached hydrogens (tertiary/aromatic N) is 2. The average Bonchev–Trinajstić information content (AvgIpc) is 3.43. The van der Waals surface area contributed by atoms with Crippen molar-refractivity contribution >= 4 is 28.3 Å². The Labute approximate surface area is 175 Å². The van der Waals surface area contributed by atoms with E-state index in [0.717, 1.165) is 31.4 Å². The monoisotopic (exact) mass is 413 g/mol. The highest BCUT2D eigenvalue weighted by Gasteiger charge is 2.43. The van der Waals surface area contributed by atoms with E-state index in [1.165, 1.54) is 24.0 Å². The van der Waals surface area contributed by atoms with Crippen LogP contribution in [0.3, 0.4) is 0 Å². The van der Waals surface area contributed by atoms with E-state index in [9.17, 15) is 9.59 Å². The van der Waals surface area contributed by atoms with Crippen molar-refractivity contribution in [3.05, 3.63) is 47.0 Å². The first kappa shape index (κ1) is 19.9. The van der Waals surface area contributed by atoms with Crippen LogP contribution in [0.25, 0.3) is 0 Å². The van der Waals surface area contributed by atoms with Gasteiger partial charge in [-0.05, 0) is 37.7 Å². The van der Waals surface area contributed by atoms with Crippen LogP contribution in [-0.2, 0) is 19.7 Å². The summed E-state index contributed by atoms with van der Waals surface area (Å²) in [6.45, 7) is 1.37. The molecule has 4 rings (SSSR count). The van der Waals surface area contributed by atoms with Gasteiger partial charge in [-0.2, -0.15) is 0 Å². The van der Waals surface area contributed by atoms with Crippen LogP contribution >= 0.6 is 11.3 Å². The van der Waals surface area contributed by atoms with Gasteiger partial charge >= 0.3 is 5.97 Å². The molecule has 7 heteroatoms. The van der Waals surface area contributed by atoms with Crippen molar-refractivity contribution in [3.8, 4) is 0 Å². The van der Waals surface area contributed by atoms with E-state index in [4.69, 9.17) is 10.5 Å². The maximum Gasteiger partial charge on any atom is 0.308 e. The number of piperidine rings is 1. The topological polar surface area (TPSA) is 85.5 Å². The van der Waals surface area contributed by atoms with Crippen molar-refractivity contribution in [2.24, 2.45) is 11.8 Å². The summed E-state index contributed by atoms with van der Waals surface area (Å²) < 4.78 is 4.85. The van der Waals surface area contributed by atoms with E-state index < -0.39 is 0 Å². The van der Waals surface area contributed by atoms with E-state index in [-0.39, 0.29) is 29.1 Å². The lowest BCUT2D eigenvalue weighted by molar-refractivity contribution is -0.145. The second-order valence-corrected chi connectivity index (χ2v) is 8.96. The first-order valence-electron chi connectivity index (χ1n) is 10.2. The molecule has 2 N–H and O–H groups in total. The molecule has 1 amide bonds. The number of likely N-dealkylation sites (tertiary alicyclic amines) is 1. The molecule has 1 saturated heterocycles. The van der Waals surface area contributed by atoms with Crippen LogP contribution in [0.4, 0.5) is 5.13 Å². The van der Waals surface area contributed by atoms with Crippen LogP contribution in [0.2, 0.25) is 0 Å². The summed E-state index contributed by atoms with van der Waals surface area (Å²) in [5, 5.41) is 2.63. The number of benzene rings is 1. The second kappa shape index (κ2) is 8.14. The molecule has 1 aliphatic carbocycles. The minimum Gasteiger partial charge on any atom is -0.469 e. The summed E-state index contributed by atoms with van der Waals surface area (Å²) in [6, 6.07) is 10.4. The highest BCUT2D eigenvalue weighted by Crippen LogP contribution is 2.43. The highest BCUT2D eigenvalue weighted by molar-refractivity contribution is 7.13. The van der Waals surface area contributed by atoms with E-state index in [2.05, 4.69) is 34.6 Å². The van der Waals surface area contributed by atoms with E-state index in [0.29, 0.717) is 24.6 Å². The van der Waals surface area contributed by atoms with Crippen molar-refractivity contribution in [1.82, 2.24) is 9.88 Å². The van der Waals surface area contributed by atoms with Crippen LogP contribution < -0.4 is 5.73 Å². The molecule has 2 atom stereocenters. The number of nitrogens with two attached hydrogens (primary N) is 1. The van der Waals surface area contributed by atoms with Crippen LogP contribution in [0.5, 0.6) is 0 Å². The molecule has 1 aromatic carbocycles. The van der Waals surface area contributed by atoms with E-state index in [1.54, 1.807) is 0 Å². The summed E-state index contributed by atoms with van der Waals surface area (Å²) in [6.07, 6.45) is 3.75. The van der Waals surface area contributed by atoms with Gasteiger partial charge in [0.25, 0.3) is 0 Å². The van der Waals surface area contributed by atoms with Gasteiger partial charge in [0.15, 0.2) is 5.13 Å². The molecule has 1 aromatic heterocycles. The molecule has 1 aliphatic heterocycles. The third-order valence-electron chi connectivity index (χ3n) is 6.58. The number of methoxy groups -OCH3 is 1. The molecule has 0 spiro atoms. The normalized spacial score (nSPS) is 23.7. The number of hydrogen-bond donors (Lipinski definition) is 1. The van der Waals surface area contributed by atoms with Gasteiger partial charge in [-0.3, -0.25) is 9.59 Å². The molecular formula is C22H27N3O3S. The maximum absolute atomic E-state index is 13.1. The number of rotatable bonds is 4. The van der Waals surface area contributed by atoms with Crippen LogP contribution in [0.1, 0.15) is 43.4 Å². The molecular weight excluding hydrogens is 386 g/mol.